The van der Waals surface area contributed by atoms with Crippen molar-refractivity contribution in [1.29, 1.82) is 0 Å². The summed E-state index contributed by atoms with van der Waals surface area (Å²) in [7, 11) is 1.41. The van der Waals surface area contributed by atoms with Crippen molar-refractivity contribution in [1.82, 2.24) is 20.2 Å². The van der Waals surface area contributed by atoms with Crippen molar-refractivity contribution < 1.29 is 23.8 Å². The predicted octanol–water partition coefficient (Wildman–Crippen LogP) is 3.69. The van der Waals surface area contributed by atoms with Gasteiger partial charge in [0.1, 0.15) is 11.9 Å². The summed E-state index contributed by atoms with van der Waals surface area (Å²) in [5.41, 5.74) is 1.41. The second-order valence-electron chi connectivity index (χ2n) is 7.86. The molecular weight excluding hydrogens is 449 g/mol. The van der Waals surface area contributed by atoms with E-state index in [4.69, 9.17) is 9.47 Å². The Morgan fingerprint density at radius 3 is 2.82 bits per heavy atom. The lowest BCUT2D eigenvalue weighted by molar-refractivity contribution is 0.0531. The normalized spacial score (nSPS) is 18.1. The van der Waals surface area contributed by atoms with Crippen molar-refractivity contribution in [2.45, 2.75) is 51.7 Å². The molecule has 0 spiro atoms. The number of anilines is 1. The van der Waals surface area contributed by atoms with E-state index < -0.39 is 11.7 Å². The Hall–Kier alpha value is -3.18. The monoisotopic (exact) mass is 473 g/mol. The summed E-state index contributed by atoms with van der Waals surface area (Å²) in [5, 5.41) is 21.0. The highest BCUT2D eigenvalue weighted by Gasteiger charge is 2.25. The minimum atomic E-state index is -0.574. The SMILES string of the molecule is COc1cnc(C)c(F)c1-c1cc(C)ncc1C(=O)Nc1nnc(O[C@H]2CCC[C@@H](O)C2)s1. The number of aliphatic hydroxyl groups is 1. The van der Waals surface area contributed by atoms with Gasteiger partial charge in [-0.05, 0) is 50.5 Å². The van der Waals surface area contributed by atoms with Gasteiger partial charge in [0.2, 0.25) is 5.13 Å². The van der Waals surface area contributed by atoms with Crippen LogP contribution in [0.5, 0.6) is 10.9 Å². The number of halogens is 1. The number of ether oxygens (including phenoxy) is 2. The maximum Gasteiger partial charge on any atom is 0.296 e. The van der Waals surface area contributed by atoms with Crippen LogP contribution >= 0.6 is 11.3 Å². The van der Waals surface area contributed by atoms with Crippen LogP contribution in [0, 0.1) is 19.7 Å². The smallest absolute Gasteiger partial charge is 0.296 e. The highest BCUT2D eigenvalue weighted by Crippen LogP contribution is 2.36. The maximum atomic E-state index is 15.0. The van der Waals surface area contributed by atoms with Gasteiger partial charge in [0.25, 0.3) is 11.1 Å². The van der Waals surface area contributed by atoms with Crippen molar-refractivity contribution in [3.8, 4) is 22.1 Å². The number of methoxy groups -OCH3 is 1. The Kier molecular flexibility index (Phi) is 6.80. The number of amides is 1. The van der Waals surface area contributed by atoms with Gasteiger partial charge in [-0.3, -0.25) is 20.1 Å². The fourth-order valence-electron chi connectivity index (χ4n) is 3.76. The molecular formula is C22H24FN5O4S. The molecule has 1 aliphatic rings. The van der Waals surface area contributed by atoms with Gasteiger partial charge in [-0.1, -0.05) is 5.10 Å². The second-order valence-corrected chi connectivity index (χ2v) is 8.80. The molecule has 1 saturated carbocycles. The average molecular weight is 474 g/mol. The molecule has 0 radical (unpaired) electrons. The average Bonchev–Trinajstić information content (AvgIpc) is 3.21. The van der Waals surface area contributed by atoms with E-state index in [0.29, 0.717) is 22.9 Å². The molecule has 3 heterocycles. The van der Waals surface area contributed by atoms with E-state index in [1.807, 2.05) is 0 Å². The van der Waals surface area contributed by atoms with Crippen LogP contribution in [-0.2, 0) is 0 Å². The topological polar surface area (TPSA) is 119 Å². The molecule has 0 saturated heterocycles. The fraction of sp³-hybridized carbons (Fsp3) is 0.409. The van der Waals surface area contributed by atoms with E-state index in [0.717, 1.165) is 30.6 Å². The van der Waals surface area contributed by atoms with Crippen LogP contribution in [0.2, 0.25) is 0 Å². The molecule has 2 N–H and O–H groups in total. The number of pyridine rings is 2. The van der Waals surface area contributed by atoms with Crippen molar-refractivity contribution in [3.05, 3.63) is 41.2 Å². The molecule has 11 heteroatoms. The summed E-state index contributed by atoms with van der Waals surface area (Å²) in [5.74, 6) is -0.890. The van der Waals surface area contributed by atoms with E-state index in [1.54, 1.807) is 19.9 Å². The molecule has 1 aliphatic carbocycles. The van der Waals surface area contributed by atoms with Crippen molar-refractivity contribution in [3.63, 3.8) is 0 Å². The lowest BCUT2D eigenvalue weighted by Crippen LogP contribution is -2.28. The van der Waals surface area contributed by atoms with Gasteiger partial charge in [0, 0.05) is 23.9 Å². The van der Waals surface area contributed by atoms with Gasteiger partial charge in [-0.2, -0.15) is 0 Å². The molecule has 2 atom stereocenters. The van der Waals surface area contributed by atoms with Crippen LogP contribution in [0.3, 0.4) is 0 Å². The third-order valence-electron chi connectivity index (χ3n) is 5.43. The molecule has 1 fully saturated rings. The first-order valence-electron chi connectivity index (χ1n) is 10.5. The quantitative estimate of drug-likeness (QED) is 0.556. The van der Waals surface area contributed by atoms with Gasteiger partial charge in [0.05, 0.1) is 36.2 Å². The van der Waals surface area contributed by atoms with E-state index in [2.05, 4.69) is 25.5 Å². The summed E-state index contributed by atoms with van der Waals surface area (Å²) in [6.07, 6.45) is 5.31. The minimum Gasteiger partial charge on any atom is -0.494 e. The molecule has 33 heavy (non-hydrogen) atoms. The first-order valence-corrected chi connectivity index (χ1v) is 11.3. The largest absolute Gasteiger partial charge is 0.494 e. The first-order chi connectivity index (χ1) is 15.9. The predicted molar refractivity (Wildman–Crippen MR) is 120 cm³/mol. The summed E-state index contributed by atoms with van der Waals surface area (Å²) in [6.45, 7) is 3.29. The third kappa shape index (κ3) is 5.09. The molecule has 1 amide bonds. The van der Waals surface area contributed by atoms with Gasteiger partial charge >= 0.3 is 0 Å². The number of carbonyl (C=O) groups is 1. The zero-order chi connectivity index (χ0) is 23.5. The lowest BCUT2D eigenvalue weighted by atomic mass is 9.95. The van der Waals surface area contributed by atoms with Crippen LogP contribution in [0.4, 0.5) is 9.52 Å². The number of aryl methyl sites for hydroxylation is 2. The van der Waals surface area contributed by atoms with Crippen LogP contribution in [0.15, 0.2) is 18.5 Å². The number of aliphatic hydroxyl groups excluding tert-OH is 1. The second kappa shape index (κ2) is 9.75. The Balaban J connectivity index is 1.58. The first kappa shape index (κ1) is 23.0. The number of nitrogens with one attached hydrogen (secondary N) is 1. The molecule has 4 rings (SSSR count). The lowest BCUT2D eigenvalue weighted by Gasteiger charge is -2.25. The molecule has 3 aromatic heterocycles. The van der Waals surface area contributed by atoms with Gasteiger partial charge in [0.15, 0.2) is 5.82 Å². The molecule has 0 aromatic carbocycles. The summed E-state index contributed by atoms with van der Waals surface area (Å²) in [6, 6.07) is 1.62. The number of rotatable bonds is 6. The summed E-state index contributed by atoms with van der Waals surface area (Å²) in [4.78, 5) is 21.3. The van der Waals surface area contributed by atoms with E-state index in [9.17, 15) is 9.90 Å². The maximum absolute atomic E-state index is 15.0. The highest BCUT2D eigenvalue weighted by molar-refractivity contribution is 7.17. The Bertz CT molecular complexity index is 1170. The summed E-state index contributed by atoms with van der Waals surface area (Å²) >= 11 is 1.08. The molecule has 9 nitrogen and oxygen atoms in total. The van der Waals surface area contributed by atoms with Crippen LogP contribution < -0.4 is 14.8 Å². The number of hydrogen-bond acceptors (Lipinski definition) is 9. The number of nitrogens with zero attached hydrogens (tertiary/aromatic N) is 4. The molecule has 0 unspecified atom stereocenters. The van der Waals surface area contributed by atoms with Gasteiger partial charge in [-0.15, -0.1) is 5.10 Å². The van der Waals surface area contributed by atoms with Crippen molar-refractivity contribution in [2.75, 3.05) is 12.4 Å². The zero-order valence-corrected chi connectivity index (χ0v) is 19.3. The Labute approximate surface area is 194 Å². The Morgan fingerprint density at radius 1 is 1.24 bits per heavy atom. The van der Waals surface area contributed by atoms with Crippen LogP contribution in [0.25, 0.3) is 11.1 Å². The number of carbonyl (C=O) groups excluding carboxylic acids is 1. The minimum absolute atomic E-state index is 0.136. The van der Waals surface area contributed by atoms with E-state index in [-0.39, 0.29) is 39.9 Å². The highest BCUT2D eigenvalue weighted by atomic mass is 32.1. The van der Waals surface area contributed by atoms with Crippen molar-refractivity contribution >= 4 is 22.4 Å². The number of hydrogen-bond donors (Lipinski definition) is 2. The van der Waals surface area contributed by atoms with Gasteiger partial charge in [-0.25, -0.2) is 4.39 Å². The summed E-state index contributed by atoms with van der Waals surface area (Å²) < 4.78 is 26.2. The van der Waals surface area contributed by atoms with E-state index in [1.165, 1.54) is 19.5 Å². The fourth-order valence-corrected chi connectivity index (χ4v) is 4.42. The third-order valence-corrected chi connectivity index (χ3v) is 6.16. The number of aromatic nitrogens is 4. The van der Waals surface area contributed by atoms with Crippen LogP contribution in [-0.4, -0.2) is 50.5 Å². The van der Waals surface area contributed by atoms with E-state index >= 15 is 4.39 Å². The Morgan fingerprint density at radius 2 is 2.06 bits per heavy atom. The molecule has 0 aliphatic heterocycles. The van der Waals surface area contributed by atoms with Crippen LogP contribution in [0.1, 0.15) is 47.4 Å². The molecule has 174 valence electrons. The zero-order valence-electron chi connectivity index (χ0n) is 18.5. The molecule has 0 bridgehead atoms. The molecule has 3 aromatic rings. The van der Waals surface area contributed by atoms with Gasteiger partial charge < -0.3 is 14.6 Å². The standard InChI is InChI=1S/C22H24FN5O4S/c1-11-7-15(18-17(31-3)10-25-12(2)19(18)23)16(9-24-11)20(30)26-21-27-28-22(33-21)32-14-6-4-5-13(29)8-14/h7,9-10,13-14,29H,4-6,8H2,1-3H3,(H,26,27,30)/t13-,14+/m1/s1. The van der Waals surface area contributed by atoms with Crippen molar-refractivity contribution in [2.24, 2.45) is 0 Å².